The van der Waals surface area contributed by atoms with Crippen molar-refractivity contribution < 1.29 is 4.74 Å². The zero-order chi connectivity index (χ0) is 18.3. The number of hydrogen-bond acceptors (Lipinski definition) is 3. The second-order valence-electron chi connectivity index (χ2n) is 7.21. The van der Waals surface area contributed by atoms with Crippen molar-refractivity contribution >= 4 is 45.9 Å². The molecular weight excluding hydrogens is 507 g/mol. The number of halogens is 2. The molecule has 0 spiro atoms. The quantitative estimate of drug-likeness (QED) is 0.330. The molecule has 1 aromatic rings. The summed E-state index contributed by atoms with van der Waals surface area (Å²) >= 11 is 3.49. The van der Waals surface area contributed by atoms with E-state index in [9.17, 15) is 0 Å². The van der Waals surface area contributed by atoms with Crippen LogP contribution in [-0.2, 0) is 11.3 Å². The van der Waals surface area contributed by atoms with Gasteiger partial charge in [-0.2, -0.15) is 0 Å². The van der Waals surface area contributed by atoms with Crippen LogP contribution in [0.5, 0.6) is 0 Å². The Morgan fingerprint density at radius 3 is 2.42 bits per heavy atom. The molecular formula is C19H32BrIN4O. The molecule has 1 aromatic carbocycles. The molecule has 0 unspecified atom stereocenters. The minimum atomic E-state index is -0.203. The van der Waals surface area contributed by atoms with Crippen LogP contribution in [0.1, 0.15) is 32.3 Å². The summed E-state index contributed by atoms with van der Waals surface area (Å²) in [5.41, 5.74) is 1.17. The molecule has 1 saturated heterocycles. The Morgan fingerprint density at radius 1 is 1.27 bits per heavy atom. The maximum Gasteiger partial charge on any atom is 0.191 e. The zero-order valence-electron chi connectivity index (χ0n) is 16.2. The lowest BCUT2D eigenvalue weighted by Crippen LogP contribution is -2.51. The van der Waals surface area contributed by atoms with Crippen LogP contribution in [0.15, 0.2) is 33.7 Å². The largest absolute Gasteiger partial charge is 0.377 e. The van der Waals surface area contributed by atoms with Crippen LogP contribution in [0.3, 0.4) is 0 Å². The number of nitrogens with one attached hydrogen (secondary N) is 2. The molecule has 0 aliphatic carbocycles. The Kier molecular flexibility index (Phi) is 10.4. The molecule has 0 atom stereocenters. The number of aliphatic imine (C=N–C) groups is 1. The van der Waals surface area contributed by atoms with Gasteiger partial charge in [0, 0.05) is 50.9 Å². The third-order valence-electron chi connectivity index (χ3n) is 4.71. The summed E-state index contributed by atoms with van der Waals surface area (Å²) in [4.78, 5) is 6.85. The molecule has 0 aromatic heterocycles. The minimum absolute atomic E-state index is 0. The number of likely N-dealkylation sites (tertiary alicyclic amines) is 1. The summed E-state index contributed by atoms with van der Waals surface area (Å²) < 4.78 is 6.58. The molecule has 5 nitrogen and oxygen atoms in total. The van der Waals surface area contributed by atoms with Gasteiger partial charge in [0.1, 0.15) is 0 Å². The van der Waals surface area contributed by atoms with E-state index in [1.165, 1.54) is 5.56 Å². The van der Waals surface area contributed by atoms with Gasteiger partial charge >= 0.3 is 0 Å². The lowest BCUT2D eigenvalue weighted by molar-refractivity contribution is 0.0267. The molecule has 0 amide bonds. The van der Waals surface area contributed by atoms with E-state index in [2.05, 4.69) is 74.6 Å². The van der Waals surface area contributed by atoms with Gasteiger partial charge < -0.3 is 15.4 Å². The standard InChI is InChI=1S/C19H31BrN4O.HI/c1-19(2,25-4)14-22-18(21-3)23-17-9-11-24(12-10-17)13-15-5-7-16(20)8-6-15;/h5-8,17H,9-14H2,1-4H3,(H2,21,22,23);1H. The van der Waals surface area contributed by atoms with E-state index in [1.807, 2.05) is 7.05 Å². The van der Waals surface area contributed by atoms with Crippen molar-refractivity contribution in [2.75, 3.05) is 33.8 Å². The highest BCUT2D eigenvalue weighted by molar-refractivity contribution is 14.0. The molecule has 26 heavy (non-hydrogen) atoms. The summed E-state index contributed by atoms with van der Waals surface area (Å²) in [6.45, 7) is 8.09. The van der Waals surface area contributed by atoms with Crippen molar-refractivity contribution in [3.8, 4) is 0 Å². The van der Waals surface area contributed by atoms with Crippen LogP contribution < -0.4 is 10.6 Å². The van der Waals surface area contributed by atoms with Gasteiger partial charge in [-0.1, -0.05) is 28.1 Å². The first kappa shape index (κ1) is 23.7. The molecule has 148 valence electrons. The van der Waals surface area contributed by atoms with Crippen LogP contribution in [0.4, 0.5) is 0 Å². The highest BCUT2D eigenvalue weighted by Crippen LogP contribution is 2.16. The maximum absolute atomic E-state index is 5.45. The Labute approximate surface area is 183 Å². The third kappa shape index (κ3) is 8.10. The van der Waals surface area contributed by atoms with Gasteiger partial charge in [0.05, 0.1) is 5.60 Å². The summed E-state index contributed by atoms with van der Waals surface area (Å²) in [7, 11) is 3.55. The van der Waals surface area contributed by atoms with Crippen LogP contribution in [0, 0.1) is 0 Å². The maximum atomic E-state index is 5.45. The average Bonchev–Trinajstić information content (AvgIpc) is 2.62. The number of hydrogen-bond donors (Lipinski definition) is 2. The van der Waals surface area contributed by atoms with E-state index in [-0.39, 0.29) is 29.6 Å². The predicted molar refractivity (Wildman–Crippen MR) is 123 cm³/mol. The first-order valence-corrected chi connectivity index (χ1v) is 9.70. The lowest BCUT2D eigenvalue weighted by Gasteiger charge is -2.33. The fourth-order valence-electron chi connectivity index (χ4n) is 2.84. The number of methoxy groups -OCH3 is 1. The number of guanidine groups is 1. The van der Waals surface area contributed by atoms with E-state index in [0.29, 0.717) is 6.04 Å². The molecule has 1 aliphatic heterocycles. The predicted octanol–water partition coefficient (Wildman–Crippen LogP) is 3.62. The van der Waals surface area contributed by atoms with Gasteiger partial charge in [-0.3, -0.25) is 9.89 Å². The summed E-state index contributed by atoms with van der Waals surface area (Å²) in [6, 6.07) is 9.08. The second-order valence-corrected chi connectivity index (χ2v) is 8.13. The molecule has 7 heteroatoms. The Hall–Kier alpha value is -0.380. The zero-order valence-corrected chi connectivity index (χ0v) is 20.1. The van der Waals surface area contributed by atoms with E-state index >= 15 is 0 Å². The Bertz CT molecular complexity index is 557. The van der Waals surface area contributed by atoms with E-state index in [0.717, 1.165) is 49.5 Å². The summed E-state index contributed by atoms with van der Waals surface area (Å²) in [6.07, 6.45) is 2.26. The number of benzene rings is 1. The fourth-order valence-corrected chi connectivity index (χ4v) is 3.10. The van der Waals surface area contributed by atoms with Gasteiger partial charge in [-0.05, 0) is 44.4 Å². The van der Waals surface area contributed by atoms with Crippen molar-refractivity contribution in [3.63, 3.8) is 0 Å². The topological polar surface area (TPSA) is 48.9 Å². The van der Waals surface area contributed by atoms with Gasteiger partial charge in [-0.15, -0.1) is 24.0 Å². The van der Waals surface area contributed by atoms with Crippen molar-refractivity contribution in [1.29, 1.82) is 0 Å². The summed E-state index contributed by atoms with van der Waals surface area (Å²) in [5.74, 6) is 0.858. The average molecular weight is 539 g/mol. The fraction of sp³-hybridized carbons (Fsp3) is 0.632. The first-order chi connectivity index (χ1) is 11.9. The Balaban J connectivity index is 0.00000338. The normalized spacial score (nSPS) is 16.9. The van der Waals surface area contributed by atoms with Gasteiger partial charge in [0.15, 0.2) is 5.96 Å². The smallest absolute Gasteiger partial charge is 0.191 e. The first-order valence-electron chi connectivity index (χ1n) is 8.91. The third-order valence-corrected chi connectivity index (χ3v) is 5.23. The molecule has 2 N–H and O–H groups in total. The van der Waals surface area contributed by atoms with Crippen molar-refractivity contribution in [1.82, 2.24) is 15.5 Å². The molecule has 2 rings (SSSR count). The number of nitrogens with zero attached hydrogens (tertiary/aromatic N) is 2. The lowest BCUT2D eigenvalue weighted by atomic mass is 10.0. The van der Waals surface area contributed by atoms with Gasteiger partial charge in [0.2, 0.25) is 0 Å². The van der Waals surface area contributed by atoms with E-state index in [4.69, 9.17) is 4.74 Å². The monoisotopic (exact) mass is 538 g/mol. The molecule has 0 saturated carbocycles. The number of rotatable bonds is 6. The second kappa shape index (κ2) is 11.5. The molecule has 0 radical (unpaired) electrons. The molecule has 1 heterocycles. The van der Waals surface area contributed by atoms with Crippen LogP contribution >= 0.6 is 39.9 Å². The highest BCUT2D eigenvalue weighted by atomic mass is 127. The molecule has 0 bridgehead atoms. The highest BCUT2D eigenvalue weighted by Gasteiger charge is 2.21. The minimum Gasteiger partial charge on any atom is -0.377 e. The van der Waals surface area contributed by atoms with Crippen molar-refractivity contribution in [2.45, 2.75) is 44.9 Å². The van der Waals surface area contributed by atoms with Gasteiger partial charge in [0.25, 0.3) is 0 Å². The van der Waals surface area contributed by atoms with E-state index < -0.39 is 0 Å². The van der Waals surface area contributed by atoms with Crippen LogP contribution in [0.2, 0.25) is 0 Å². The molecule has 1 fully saturated rings. The molecule has 1 aliphatic rings. The summed E-state index contributed by atoms with van der Waals surface area (Å²) in [5, 5.41) is 6.90. The Morgan fingerprint density at radius 2 is 1.88 bits per heavy atom. The number of piperidine rings is 1. The van der Waals surface area contributed by atoms with Crippen molar-refractivity contribution in [2.24, 2.45) is 4.99 Å². The van der Waals surface area contributed by atoms with Crippen molar-refractivity contribution in [3.05, 3.63) is 34.3 Å². The van der Waals surface area contributed by atoms with Crippen LogP contribution in [-0.4, -0.2) is 56.3 Å². The van der Waals surface area contributed by atoms with E-state index in [1.54, 1.807) is 7.11 Å². The van der Waals surface area contributed by atoms with Crippen LogP contribution in [0.25, 0.3) is 0 Å². The SMILES string of the molecule is CN=C(NCC(C)(C)OC)NC1CCN(Cc2ccc(Br)cc2)CC1.I. The van der Waals surface area contributed by atoms with Gasteiger partial charge in [-0.25, -0.2) is 0 Å². The number of ether oxygens (including phenoxy) is 1.